The Morgan fingerprint density at radius 2 is 1.57 bits per heavy atom. The van der Waals surface area contributed by atoms with E-state index in [9.17, 15) is 9.59 Å². The SMILES string of the molecule is CC(=N)OC(N)=Nc1ccc2ncc(Br)cc2n1.CC(=O)CNC(=O)Nc1ccc2ncc(Br)cc2n1. The smallest absolute Gasteiger partial charge is 0.320 e. The zero-order chi connectivity index (χ0) is 26.9. The number of nitrogens with zero attached hydrogens (tertiary/aromatic N) is 5. The summed E-state index contributed by atoms with van der Waals surface area (Å²) in [6.07, 6.45) is 3.37. The summed E-state index contributed by atoms with van der Waals surface area (Å²) in [6, 6.07) is 9.94. The molecule has 4 rings (SSSR count). The molecule has 0 saturated heterocycles. The molecule has 0 bridgehead atoms. The van der Waals surface area contributed by atoms with Crippen molar-refractivity contribution >= 4 is 89.3 Å². The molecule has 4 heterocycles. The van der Waals surface area contributed by atoms with E-state index >= 15 is 0 Å². The number of rotatable bonds is 4. The number of nitrogens with one attached hydrogen (secondary N) is 3. The number of urea groups is 1. The number of carbonyl (C=O) groups excluding carboxylic acids is 2. The topological polar surface area (TPSA) is 181 Å². The Balaban J connectivity index is 0.000000206. The molecule has 12 nitrogen and oxygen atoms in total. The van der Waals surface area contributed by atoms with E-state index in [2.05, 4.69) is 67.4 Å². The third-order valence-electron chi connectivity index (χ3n) is 4.22. The minimum Gasteiger partial charge on any atom is -0.412 e. The van der Waals surface area contributed by atoms with E-state index < -0.39 is 6.03 Å². The monoisotopic (exact) mass is 629 g/mol. The first-order valence-corrected chi connectivity index (χ1v) is 12.1. The summed E-state index contributed by atoms with van der Waals surface area (Å²) in [5, 5.41) is 12.1. The van der Waals surface area contributed by atoms with Crippen LogP contribution in [0.4, 0.5) is 16.4 Å². The van der Waals surface area contributed by atoms with Crippen molar-refractivity contribution in [3.8, 4) is 0 Å². The Hall–Kier alpha value is -4.04. The van der Waals surface area contributed by atoms with Crippen LogP contribution in [0.2, 0.25) is 0 Å². The number of amidine groups is 1. The maximum atomic E-state index is 11.5. The van der Waals surface area contributed by atoms with Gasteiger partial charge in [-0.15, -0.1) is 0 Å². The number of aliphatic imine (C=N–C) groups is 1. The Labute approximate surface area is 227 Å². The van der Waals surface area contributed by atoms with E-state index in [-0.39, 0.29) is 24.2 Å². The molecule has 0 atom stereocenters. The fourth-order valence-corrected chi connectivity index (χ4v) is 3.38. The molecule has 0 fully saturated rings. The molecule has 14 heteroatoms. The van der Waals surface area contributed by atoms with Gasteiger partial charge in [0.05, 0.1) is 28.6 Å². The van der Waals surface area contributed by atoms with Gasteiger partial charge in [-0.05, 0) is 75.2 Å². The lowest BCUT2D eigenvalue weighted by molar-refractivity contribution is -0.116. The first kappa shape index (κ1) is 27.5. The summed E-state index contributed by atoms with van der Waals surface area (Å²) in [6.45, 7) is 2.86. The van der Waals surface area contributed by atoms with Gasteiger partial charge in [-0.2, -0.15) is 4.99 Å². The first-order chi connectivity index (χ1) is 17.6. The largest absolute Gasteiger partial charge is 0.412 e. The fourth-order valence-electron chi connectivity index (χ4n) is 2.74. The van der Waals surface area contributed by atoms with Crippen LogP contribution in [0, 0.1) is 5.41 Å². The van der Waals surface area contributed by atoms with Crippen molar-refractivity contribution in [2.24, 2.45) is 10.7 Å². The number of pyridine rings is 4. The molecular weight excluding hydrogens is 610 g/mol. The van der Waals surface area contributed by atoms with E-state index in [4.69, 9.17) is 15.9 Å². The van der Waals surface area contributed by atoms with E-state index in [1.165, 1.54) is 13.8 Å². The van der Waals surface area contributed by atoms with Crippen LogP contribution in [0.1, 0.15) is 13.8 Å². The highest BCUT2D eigenvalue weighted by Gasteiger charge is 2.05. The van der Waals surface area contributed by atoms with Crippen molar-refractivity contribution < 1.29 is 14.3 Å². The van der Waals surface area contributed by atoms with Crippen molar-refractivity contribution in [2.75, 3.05) is 11.9 Å². The Bertz CT molecular complexity index is 1510. The quantitative estimate of drug-likeness (QED) is 0.188. The van der Waals surface area contributed by atoms with Crippen LogP contribution in [0.3, 0.4) is 0 Å². The highest BCUT2D eigenvalue weighted by atomic mass is 79.9. The lowest BCUT2D eigenvalue weighted by Gasteiger charge is -2.06. The van der Waals surface area contributed by atoms with Crippen molar-refractivity contribution in [1.82, 2.24) is 25.3 Å². The van der Waals surface area contributed by atoms with Crippen molar-refractivity contribution in [2.45, 2.75) is 13.8 Å². The van der Waals surface area contributed by atoms with Gasteiger partial charge in [0, 0.05) is 28.3 Å². The molecule has 0 aliphatic rings. The van der Waals surface area contributed by atoms with Crippen LogP contribution in [-0.4, -0.2) is 50.2 Å². The third-order valence-corrected chi connectivity index (χ3v) is 5.08. The number of anilines is 1. The molecule has 0 saturated carbocycles. The zero-order valence-electron chi connectivity index (χ0n) is 19.6. The van der Waals surface area contributed by atoms with Crippen LogP contribution in [-0.2, 0) is 9.53 Å². The number of nitrogens with two attached hydrogens (primary N) is 1. The van der Waals surface area contributed by atoms with Gasteiger partial charge in [0.15, 0.2) is 11.7 Å². The van der Waals surface area contributed by atoms with Gasteiger partial charge >= 0.3 is 6.03 Å². The molecule has 0 spiro atoms. The number of hydrogen-bond acceptors (Lipinski definition) is 9. The number of aromatic nitrogens is 4. The van der Waals surface area contributed by atoms with Crippen molar-refractivity contribution in [1.29, 1.82) is 5.41 Å². The summed E-state index contributed by atoms with van der Waals surface area (Å²) >= 11 is 6.63. The van der Waals surface area contributed by atoms with Crippen LogP contribution in [0.25, 0.3) is 22.1 Å². The second-order valence-corrected chi connectivity index (χ2v) is 9.20. The minimum absolute atomic E-state index is 0.00742. The van der Waals surface area contributed by atoms with E-state index in [1.54, 1.807) is 42.7 Å². The Kier molecular flexibility index (Phi) is 9.51. The molecule has 0 radical (unpaired) electrons. The number of Topliss-reactive ketones (excluding diaryl/α,β-unsaturated/α-hetero) is 1. The highest BCUT2D eigenvalue weighted by molar-refractivity contribution is 9.10. The fraction of sp³-hybridized carbons (Fsp3) is 0.130. The summed E-state index contributed by atoms with van der Waals surface area (Å²) in [4.78, 5) is 43.1. The molecule has 4 aromatic rings. The summed E-state index contributed by atoms with van der Waals surface area (Å²) in [7, 11) is 0. The lowest BCUT2D eigenvalue weighted by Crippen LogP contribution is -2.32. The van der Waals surface area contributed by atoms with E-state index in [0.29, 0.717) is 22.7 Å². The first-order valence-electron chi connectivity index (χ1n) is 10.5. The van der Waals surface area contributed by atoms with Gasteiger partial charge in [-0.1, -0.05) is 0 Å². The average Bonchev–Trinajstić information content (AvgIpc) is 2.82. The predicted molar refractivity (Wildman–Crippen MR) is 148 cm³/mol. The number of hydrogen-bond donors (Lipinski definition) is 4. The second-order valence-electron chi connectivity index (χ2n) is 7.37. The normalized spacial score (nSPS) is 10.9. The molecule has 0 aliphatic heterocycles. The van der Waals surface area contributed by atoms with Gasteiger partial charge < -0.3 is 15.8 Å². The third kappa shape index (κ3) is 8.84. The van der Waals surface area contributed by atoms with Gasteiger partial charge in [-0.25, -0.2) is 14.8 Å². The number of amides is 2. The molecule has 0 aromatic carbocycles. The molecule has 2 amide bonds. The number of ether oxygens (including phenoxy) is 1. The van der Waals surface area contributed by atoms with Crippen LogP contribution in [0.15, 0.2) is 62.7 Å². The van der Waals surface area contributed by atoms with Crippen LogP contribution in [0.5, 0.6) is 0 Å². The predicted octanol–water partition coefficient (Wildman–Crippen LogP) is 4.46. The molecule has 4 aromatic heterocycles. The minimum atomic E-state index is -0.468. The van der Waals surface area contributed by atoms with Gasteiger partial charge in [0.1, 0.15) is 11.6 Å². The van der Waals surface area contributed by atoms with Crippen LogP contribution >= 0.6 is 31.9 Å². The standard InChI is InChI=1S/C12H11BrN4O2.C11H10BrN5O/c1-7(18)5-15-12(19)17-11-3-2-9-10(16-11)4-8(13)6-14-9;1-6(13)18-11(14)17-10-3-2-8-9(16-10)4-7(12)5-15-8/h2-4,6H,5H2,1H3,(H2,15,16,17,19);2-5,13H,1H3,(H2,14,16,17). The molecule has 37 heavy (non-hydrogen) atoms. The number of ketones is 1. The Morgan fingerprint density at radius 3 is 2.16 bits per heavy atom. The maximum absolute atomic E-state index is 11.5. The van der Waals surface area contributed by atoms with Gasteiger partial charge in [0.25, 0.3) is 6.02 Å². The number of carbonyl (C=O) groups is 2. The second kappa shape index (κ2) is 12.8. The molecule has 190 valence electrons. The molecule has 0 unspecified atom stereocenters. The number of fused-ring (bicyclic) bond motifs is 2. The van der Waals surface area contributed by atoms with Gasteiger partial charge in [-0.3, -0.25) is 25.5 Å². The zero-order valence-corrected chi connectivity index (χ0v) is 22.8. The lowest BCUT2D eigenvalue weighted by atomic mass is 10.3. The molecule has 0 aliphatic carbocycles. The number of halogens is 2. The van der Waals surface area contributed by atoms with Crippen LogP contribution < -0.4 is 16.4 Å². The van der Waals surface area contributed by atoms with E-state index in [1.807, 2.05) is 6.07 Å². The Morgan fingerprint density at radius 1 is 0.973 bits per heavy atom. The molecular formula is C23H21Br2N9O3. The van der Waals surface area contributed by atoms with Crippen molar-refractivity contribution in [3.63, 3.8) is 0 Å². The average molecular weight is 631 g/mol. The highest BCUT2D eigenvalue weighted by Crippen LogP contribution is 2.19. The van der Waals surface area contributed by atoms with Crippen molar-refractivity contribution in [3.05, 3.63) is 57.7 Å². The summed E-state index contributed by atoms with van der Waals surface area (Å²) in [5.74, 6) is 0.658. The maximum Gasteiger partial charge on any atom is 0.320 e. The van der Waals surface area contributed by atoms with Gasteiger partial charge in [0.2, 0.25) is 0 Å². The van der Waals surface area contributed by atoms with E-state index in [0.717, 1.165) is 20.0 Å². The summed E-state index contributed by atoms with van der Waals surface area (Å²) in [5.41, 5.74) is 8.37. The summed E-state index contributed by atoms with van der Waals surface area (Å²) < 4.78 is 6.48. The molecule has 5 N–H and O–H groups in total.